The van der Waals surface area contributed by atoms with Crippen molar-refractivity contribution < 1.29 is 14.3 Å². The van der Waals surface area contributed by atoms with Crippen molar-refractivity contribution in [1.82, 2.24) is 15.3 Å². The molecule has 0 aliphatic heterocycles. The fourth-order valence-electron chi connectivity index (χ4n) is 2.49. The standard InChI is InChI=1S/C19H19N3O4S2/c1-11(19(25)26-8-15(23)20-2)27-10-14-21-17(24)16-13(9-28-18(16)22-14)12-6-4-3-5-7-12/h3-7,9,11H,8,10H2,1-2H3,(H,20,23)(H,21,22,24)/t11-/m1/s1. The van der Waals surface area contributed by atoms with E-state index in [9.17, 15) is 14.4 Å². The van der Waals surface area contributed by atoms with Gasteiger partial charge in [-0.1, -0.05) is 30.3 Å². The minimum Gasteiger partial charge on any atom is -0.455 e. The van der Waals surface area contributed by atoms with E-state index >= 15 is 0 Å². The number of aromatic amines is 1. The zero-order valence-electron chi connectivity index (χ0n) is 15.4. The summed E-state index contributed by atoms with van der Waals surface area (Å²) in [5, 5.41) is 4.39. The molecule has 9 heteroatoms. The summed E-state index contributed by atoms with van der Waals surface area (Å²) < 4.78 is 4.93. The molecule has 1 atom stereocenters. The van der Waals surface area contributed by atoms with Crippen LogP contribution in [0.25, 0.3) is 21.3 Å². The number of carbonyl (C=O) groups excluding carboxylic acids is 2. The molecule has 1 aromatic carbocycles. The molecule has 3 aromatic rings. The molecule has 7 nitrogen and oxygen atoms in total. The van der Waals surface area contributed by atoms with Gasteiger partial charge in [0.15, 0.2) is 6.61 Å². The molecule has 0 fully saturated rings. The maximum Gasteiger partial charge on any atom is 0.319 e. The lowest BCUT2D eigenvalue weighted by Crippen LogP contribution is -2.27. The van der Waals surface area contributed by atoms with Crippen LogP contribution in [0.3, 0.4) is 0 Å². The maximum absolute atomic E-state index is 12.6. The van der Waals surface area contributed by atoms with Gasteiger partial charge in [-0.25, -0.2) is 4.98 Å². The SMILES string of the molecule is CNC(=O)COC(=O)[C@@H](C)SCc1nc2scc(-c3ccccc3)c2c(=O)[nH]1. The highest BCUT2D eigenvalue weighted by molar-refractivity contribution is 7.99. The van der Waals surface area contributed by atoms with E-state index in [1.54, 1.807) is 6.92 Å². The van der Waals surface area contributed by atoms with Crippen molar-refractivity contribution in [3.05, 3.63) is 51.9 Å². The van der Waals surface area contributed by atoms with Crippen molar-refractivity contribution in [1.29, 1.82) is 0 Å². The van der Waals surface area contributed by atoms with Crippen LogP contribution in [-0.4, -0.2) is 40.7 Å². The summed E-state index contributed by atoms with van der Waals surface area (Å²) in [5.74, 6) is -0.0108. The minimum atomic E-state index is -0.492. The quantitative estimate of drug-likeness (QED) is 0.573. The molecule has 2 N–H and O–H groups in total. The van der Waals surface area contributed by atoms with Crippen LogP contribution in [-0.2, 0) is 20.1 Å². The van der Waals surface area contributed by atoms with Crippen molar-refractivity contribution >= 4 is 45.2 Å². The second kappa shape index (κ2) is 9.03. The van der Waals surface area contributed by atoms with Gasteiger partial charge in [0.1, 0.15) is 15.9 Å². The smallest absolute Gasteiger partial charge is 0.319 e. The first-order valence-corrected chi connectivity index (χ1v) is 10.5. The van der Waals surface area contributed by atoms with E-state index in [1.807, 2.05) is 35.7 Å². The monoisotopic (exact) mass is 417 g/mol. The van der Waals surface area contributed by atoms with Crippen LogP contribution >= 0.6 is 23.1 Å². The maximum atomic E-state index is 12.6. The number of ether oxygens (including phenoxy) is 1. The van der Waals surface area contributed by atoms with Crippen molar-refractivity contribution in [2.24, 2.45) is 0 Å². The Labute approximate surface area is 169 Å². The lowest BCUT2D eigenvalue weighted by Gasteiger charge is -2.10. The molecular formula is C19H19N3O4S2. The van der Waals surface area contributed by atoms with Gasteiger partial charge >= 0.3 is 5.97 Å². The fourth-order valence-corrected chi connectivity index (χ4v) is 4.21. The first-order chi connectivity index (χ1) is 13.5. The van der Waals surface area contributed by atoms with Gasteiger partial charge in [0, 0.05) is 18.0 Å². The van der Waals surface area contributed by atoms with Gasteiger partial charge < -0.3 is 15.0 Å². The Hall–Kier alpha value is -2.65. The highest BCUT2D eigenvalue weighted by Crippen LogP contribution is 2.30. The third-order valence-corrected chi connectivity index (χ3v) is 6.01. The van der Waals surface area contributed by atoms with Gasteiger partial charge in [0.25, 0.3) is 11.5 Å². The number of hydrogen-bond acceptors (Lipinski definition) is 7. The number of fused-ring (bicyclic) bond motifs is 1. The molecule has 0 radical (unpaired) electrons. The van der Waals surface area contributed by atoms with E-state index in [1.165, 1.54) is 30.1 Å². The van der Waals surface area contributed by atoms with E-state index in [0.29, 0.717) is 21.8 Å². The summed E-state index contributed by atoms with van der Waals surface area (Å²) in [7, 11) is 1.47. The second-order valence-corrected chi connectivity index (χ2v) is 8.13. The number of rotatable bonds is 7. The van der Waals surface area contributed by atoms with E-state index in [-0.39, 0.29) is 18.1 Å². The summed E-state index contributed by atoms with van der Waals surface area (Å²) in [5.41, 5.74) is 1.63. The molecule has 0 saturated carbocycles. The normalized spacial score (nSPS) is 11.9. The number of aromatic nitrogens is 2. The Morgan fingerprint density at radius 3 is 2.79 bits per heavy atom. The molecule has 1 amide bonds. The average Bonchev–Trinajstić information content (AvgIpc) is 3.15. The summed E-state index contributed by atoms with van der Waals surface area (Å²) in [6.07, 6.45) is 0. The topological polar surface area (TPSA) is 101 Å². The number of thiophene rings is 1. The minimum absolute atomic E-state index is 0.199. The molecule has 0 saturated heterocycles. The molecule has 28 heavy (non-hydrogen) atoms. The zero-order chi connectivity index (χ0) is 20.1. The average molecular weight is 418 g/mol. The van der Waals surface area contributed by atoms with Gasteiger partial charge in [-0.3, -0.25) is 14.4 Å². The van der Waals surface area contributed by atoms with Gasteiger partial charge in [-0.05, 0) is 12.5 Å². The van der Waals surface area contributed by atoms with Crippen LogP contribution in [0.4, 0.5) is 0 Å². The number of nitrogens with one attached hydrogen (secondary N) is 2. The largest absolute Gasteiger partial charge is 0.455 e. The lowest BCUT2D eigenvalue weighted by molar-refractivity contribution is -0.147. The Morgan fingerprint density at radius 1 is 1.32 bits per heavy atom. The summed E-state index contributed by atoms with van der Waals surface area (Å²) in [6.45, 7) is 1.38. The van der Waals surface area contributed by atoms with Gasteiger partial charge in [-0.2, -0.15) is 0 Å². The van der Waals surface area contributed by atoms with Crippen molar-refractivity contribution in [3.63, 3.8) is 0 Å². The van der Waals surface area contributed by atoms with Gasteiger partial charge in [0.05, 0.1) is 11.1 Å². The first kappa shape index (κ1) is 20.1. The first-order valence-electron chi connectivity index (χ1n) is 8.54. The number of benzene rings is 1. The van der Waals surface area contributed by atoms with Crippen LogP contribution in [0, 0.1) is 0 Å². The summed E-state index contributed by atoms with van der Waals surface area (Å²) in [6, 6.07) is 9.69. The number of esters is 1. The van der Waals surface area contributed by atoms with Crippen molar-refractivity contribution in [2.75, 3.05) is 13.7 Å². The van der Waals surface area contributed by atoms with E-state index in [0.717, 1.165) is 11.1 Å². The summed E-state index contributed by atoms with van der Waals surface area (Å²) >= 11 is 2.70. The number of nitrogens with zero attached hydrogens (tertiary/aromatic N) is 1. The predicted octanol–water partition coefficient (Wildman–Crippen LogP) is 2.56. The lowest BCUT2D eigenvalue weighted by atomic mass is 10.1. The van der Waals surface area contributed by atoms with Gasteiger partial charge in [-0.15, -0.1) is 23.1 Å². The highest BCUT2D eigenvalue weighted by Gasteiger charge is 2.18. The zero-order valence-corrected chi connectivity index (χ0v) is 17.0. The number of likely N-dealkylation sites (N-methyl/N-ethyl adjacent to an activating group) is 1. The molecule has 3 rings (SSSR count). The number of hydrogen-bond donors (Lipinski definition) is 2. The van der Waals surface area contributed by atoms with Crippen LogP contribution in [0.2, 0.25) is 0 Å². The van der Waals surface area contributed by atoms with Crippen molar-refractivity contribution in [3.8, 4) is 11.1 Å². The van der Waals surface area contributed by atoms with E-state index in [2.05, 4.69) is 15.3 Å². The van der Waals surface area contributed by atoms with Crippen LogP contribution in [0.1, 0.15) is 12.7 Å². The molecule has 0 bridgehead atoms. The van der Waals surface area contributed by atoms with Crippen molar-refractivity contribution in [2.45, 2.75) is 17.9 Å². The number of thioether (sulfide) groups is 1. The highest BCUT2D eigenvalue weighted by atomic mass is 32.2. The molecule has 0 aliphatic carbocycles. The Morgan fingerprint density at radius 2 is 2.07 bits per heavy atom. The predicted molar refractivity (Wildman–Crippen MR) is 111 cm³/mol. The molecule has 2 heterocycles. The van der Waals surface area contributed by atoms with Crippen LogP contribution in [0.5, 0.6) is 0 Å². The molecule has 0 unspecified atom stereocenters. The Kier molecular flexibility index (Phi) is 6.48. The van der Waals surface area contributed by atoms with Crippen LogP contribution in [0.15, 0.2) is 40.5 Å². The third-order valence-electron chi connectivity index (χ3n) is 4.00. The molecule has 2 aromatic heterocycles. The Balaban J connectivity index is 1.71. The number of H-pyrrole nitrogens is 1. The van der Waals surface area contributed by atoms with E-state index < -0.39 is 11.2 Å². The van der Waals surface area contributed by atoms with E-state index in [4.69, 9.17) is 4.74 Å². The van der Waals surface area contributed by atoms with Gasteiger partial charge in [0.2, 0.25) is 0 Å². The second-order valence-electron chi connectivity index (χ2n) is 5.94. The fraction of sp³-hybridized carbons (Fsp3) is 0.263. The molecule has 0 spiro atoms. The molecule has 0 aliphatic rings. The Bertz CT molecular complexity index is 1050. The number of carbonyl (C=O) groups is 2. The number of amides is 1. The molecule has 146 valence electrons. The summed E-state index contributed by atoms with van der Waals surface area (Å²) in [4.78, 5) is 43.7. The third kappa shape index (κ3) is 4.60. The van der Waals surface area contributed by atoms with Crippen LogP contribution < -0.4 is 10.9 Å². The molecular weight excluding hydrogens is 398 g/mol.